The number of aryl methyl sites for hydroxylation is 1. The van der Waals surface area contributed by atoms with Gasteiger partial charge in [0.1, 0.15) is 18.0 Å². The lowest BCUT2D eigenvalue weighted by Crippen LogP contribution is -2.03. The monoisotopic (exact) mass is 267 g/mol. The second kappa shape index (κ2) is 4.39. The van der Waals surface area contributed by atoms with Gasteiger partial charge in [-0.05, 0) is 34.5 Å². The summed E-state index contributed by atoms with van der Waals surface area (Å²) in [6, 6.07) is 2.01. The van der Waals surface area contributed by atoms with Crippen LogP contribution in [-0.4, -0.2) is 20.2 Å². The lowest BCUT2D eigenvalue weighted by Gasteiger charge is -2.05. The van der Waals surface area contributed by atoms with Crippen molar-refractivity contribution in [3.8, 4) is 0 Å². The molecule has 2 aromatic rings. The summed E-state index contributed by atoms with van der Waals surface area (Å²) in [5, 5.41) is 9.69. The standard InChI is InChI=1S/C9H10BrN5/c1-6-2-7(10)9(11-3-6)12-4-8-13-5-14-15-8/h2-3,5H,4H2,1H3,(H,11,12)(H,13,14,15). The molecule has 0 saturated carbocycles. The summed E-state index contributed by atoms with van der Waals surface area (Å²) in [5.74, 6) is 1.58. The SMILES string of the molecule is Cc1cnc(NCc2ncn[nH]2)c(Br)c1. The van der Waals surface area contributed by atoms with E-state index in [4.69, 9.17) is 0 Å². The molecule has 0 aliphatic carbocycles. The van der Waals surface area contributed by atoms with Gasteiger partial charge in [-0.25, -0.2) is 9.97 Å². The predicted molar refractivity (Wildman–Crippen MR) is 60.4 cm³/mol. The van der Waals surface area contributed by atoms with Gasteiger partial charge >= 0.3 is 0 Å². The van der Waals surface area contributed by atoms with Crippen LogP contribution in [0.15, 0.2) is 23.1 Å². The van der Waals surface area contributed by atoms with E-state index in [0.717, 1.165) is 21.7 Å². The molecule has 2 rings (SSSR count). The summed E-state index contributed by atoms with van der Waals surface area (Å²) in [4.78, 5) is 8.26. The topological polar surface area (TPSA) is 66.5 Å². The van der Waals surface area contributed by atoms with Gasteiger partial charge in [-0.15, -0.1) is 0 Å². The molecule has 0 unspecified atom stereocenters. The number of pyridine rings is 1. The van der Waals surface area contributed by atoms with Crippen molar-refractivity contribution in [2.75, 3.05) is 5.32 Å². The van der Waals surface area contributed by atoms with Gasteiger partial charge in [0.2, 0.25) is 0 Å². The van der Waals surface area contributed by atoms with E-state index < -0.39 is 0 Å². The second-order valence-electron chi connectivity index (χ2n) is 3.13. The third-order valence-corrected chi connectivity index (χ3v) is 2.47. The van der Waals surface area contributed by atoms with Gasteiger partial charge in [-0.1, -0.05) is 0 Å². The molecule has 0 aromatic carbocycles. The maximum absolute atomic E-state index is 4.26. The first-order valence-corrected chi connectivity index (χ1v) is 5.25. The largest absolute Gasteiger partial charge is 0.362 e. The molecule has 0 amide bonds. The van der Waals surface area contributed by atoms with Crippen molar-refractivity contribution in [3.05, 3.63) is 34.5 Å². The fourth-order valence-corrected chi connectivity index (χ4v) is 1.75. The molecular formula is C9H10BrN5. The maximum atomic E-state index is 4.26. The highest BCUT2D eigenvalue weighted by Gasteiger charge is 2.02. The van der Waals surface area contributed by atoms with Crippen molar-refractivity contribution >= 4 is 21.7 Å². The molecule has 78 valence electrons. The summed E-state index contributed by atoms with van der Waals surface area (Å²) in [7, 11) is 0. The summed E-state index contributed by atoms with van der Waals surface area (Å²) in [5.41, 5.74) is 1.12. The lowest BCUT2D eigenvalue weighted by molar-refractivity contribution is 0.945. The van der Waals surface area contributed by atoms with E-state index in [9.17, 15) is 0 Å². The Kier molecular flexibility index (Phi) is 2.96. The number of hydrogen-bond acceptors (Lipinski definition) is 4. The normalized spacial score (nSPS) is 10.3. The molecule has 2 N–H and O–H groups in total. The lowest BCUT2D eigenvalue weighted by atomic mass is 10.3. The van der Waals surface area contributed by atoms with Crippen molar-refractivity contribution in [3.63, 3.8) is 0 Å². The third kappa shape index (κ3) is 2.53. The minimum absolute atomic E-state index is 0.578. The molecular weight excluding hydrogens is 258 g/mol. The van der Waals surface area contributed by atoms with E-state index in [1.165, 1.54) is 6.33 Å². The number of aromatic amines is 1. The zero-order valence-electron chi connectivity index (χ0n) is 8.16. The number of H-pyrrole nitrogens is 1. The van der Waals surface area contributed by atoms with E-state index in [1.54, 1.807) is 0 Å². The Bertz CT molecular complexity index is 440. The number of aromatic nitrogens is 4. The number of halogens is 1. The average molecular weight is 268 g/mol. The fourth-order valence-electron chi connectivity index (χ4n) is 1.15. The predicted octanol–water partition coefficient (Wildman–Crippen LogP) is 1.88. The quantitative estimate of drug-likeness (QED) is 0.892. The van der Waals surface area contributed by atoms with Crippen LogP contribution >= 0.6 is 15.9 Å². The molecule has 15 heavy (non-hydrogen) atoms. The molecule has 5 nitrogen and oxygen atoms in total. The highest BCUT2D eigenvalue weighted by Crippen LogP contribution is 2.20. The molecule has 2 heterocycles. The Morgan fingerprint density at radius 3 is 3.00 bits per heavy atom. The zero-order valence-corrected chi connectivity index (χ0v) is 9.74. The van der Waals surface area contributed by atoms with Crippen molar-refractivity contribution < 1.29 is 0 Å². The summed E-state index contributed by atoms with van der Waals surface area (Å²) in [6.07, 6.45) is 3.29. The van der Waals surface area contributed by atoms with Gasteiger partial charge in [0.25, 0.3) is 0 Å². The zero-order chi connectivity index (χ0) is 10.7. The Labute approximate surface area is 95.5 Å². The number of nitrogens with zero attached hydrogens (tertiary/aromatic N) is 3. The van der Waals surface area contributed by atoms with E-state index in [2.05, 4.69) is 41.4 Å². The molecule has 0 fully saturated rings. The van der Waals surface area contributed by atoms with Crippen molar-refractivity contribution in [2.45, 2.75) is 13.5 Å². The van der Waals surface area contributed by atoms with Crippen molar-refractivity contribution in [1.82, 2.24) is 20.2 Å². The van der Waals surface area contributed by atoms with Crippen LogP contribution in [0.25, 0.3) is 0 Å². The van der Waals surface area contributed by atoms with Crippen molar-refractivity contribution in [2.24, 2.45) is 0 Å². The van der Waals surface area contributed by atoms with Crippen LogP contribution in [0.3, 0.4) is 0 Å². The first kappa shape index (κ1) is 10.1. The number of anilines is 1. The molecule has 0 spiro atoms. The Morgan fingerprint density at radius 1 is 1.47 bits per heavy atom. The Morgan fingerprint density at radius 2 is 2.33 bits per heavy atom. The van der Waals surface area contributed by atoms with Gasteiger partial charge < -0.3 is 5.32 Å². The van der Waals surface area contributed by atoms with Crippen LogP contribution in [0, 0.1) is 6.92 Å². The van der Waals surface area contributed by atoms with Gasteiger partial charge in [0.05, 0.1) is 11.0 Å². The third-order valence-electron chi connectivity index (χ3n) is 1.87. The Balaban J connectivity index is 2.05. The summed E-state index contributed by atoms with van der Waals surface area (Å²) in [6.45, 7) is 2.58. The van der Waals surface area contributed by atoms with Gasteiger partial charge in [0.15, 0.2) is 0 Å². The molecule has 6 heteroatoms. The van der Waals surface area contributed by atoms with Crippen LogP contribution < -0.4 is 5.32 Å². The minimum atomic E-state index is 0.578. The van der Waals surface area contributed by atoms with Gasteiger partial charge in [-0.3, -0.25) is 5.10 Å². The maximum Gasteiger partial charge on any atom is 0.143 e. The molecule has 0 saturated heterocycles. The van der Waals surface area contributed by atoms with Crippen LogP contribution in [0.5, 0.6) is 0 Å². The molecule has 0 radical (unpaired) electrons. The van der Waals surface area contributed by atoms with E-state index in [1.807, 2.05) is 19.2 Å². The highest BCUT2D eigenvalue weighted by molar-refractivity contribution is 9.10. The molecule has 0 aliphatic heterocycles. The summed E-state index contributed by atoms with van der Waals surface area (Å²) < 4.78 is 0.946. The number of hydrogen-bond donors (Lipinski definition) is 2. The average Bonchev–Trinajstić information content (AvgIpc) is 2.69. The fraction of sp³-hybridized carbons (Fsp3) is 0.222. The highest BCUT2D eigenvalue weighted by atomic mass is 79.9. The van der Waals surface area contributed by atoms with E-state index in [0.29, 0.717) is 6.54 Å². The van der Waals surface area contributed by atoms with E-state index >= 15 is 0 Å². The smallest absolute Gasteiger partial charge is 0.143 e. The number of rotatable bonds is 3. The minimum Gasteiger partial charge on any atom is -0.362 e. The first-order chi connectivity index (χ1) is 7.25. The van der Waals surface area contributed by atoms with Crippen molar-refractivity contribution in [1.29, 1.82) is 0 Å². The van der Waals surface area contributed by atoms with Crippen LogP contribution in [0.1, 0.15) is 11.4 Å². The Hall–Kier alpha value is -1.43. The van der Waals surface area contributed by atoms with Crippen LogP contribution in [-0.2, 0) is 6.54 Å². The first-order valence-electron chi connectivity index (χ1n) is 4.46. The van der Waals surface area contributed by atoms with Crippen LogP contribution in [0.4, 0.5) is 5.82 Å². The molecule has 0 aliphatic rings. The molecule has 0 atom stereocenters. The van der Waals surface area contributed by atoms with Crippen LogP contribution in [0.2, 0.25) is 0 Å². The molecule has 0 bridgehead atoms. The summed E-state index contributed by atoms with van der Waals surface area (Å²) >= 11 is 3.44. The van der Waals surface area contributed by atoms with Gasteiger partial charge in [0, 0.05) is 6.20 Å². The van der Waals surface area contributed by atoms with Gasteiger partial charge in [-0.2, -0.15) is 5.10 Å². The second-order valence-corrected chi connectivity index (χ2v) is 3.98. The molecule has 2 aromatic heterocycles. The van der Waals surface area contributed by atoms with E-state index in [-0.39, 0.29) is 0 Å². The number of nitrogens with one attached hydrogen (secondary N) is 2.